The van der Waals surface area contributed by atoms with Crippen molar-refractivity contribution in [2.45, 2.75) is 37.0 Å². The van der Waals surface area contributed by atoms with Gasteiger partial charge in [0.25, 0.3) is 5.91 Å². The van der Waals surface area contributed by atoms with Crippen molar-refractivity contribution in [3.05, 3.63) is 66.6 Å². The molecule has 6 rings (SSSR count). The van der Waals surface area contributed by atoms with E-state index in [2.05, 4.69) is 31.0 Å². The Hall–Kier alpha value is -3.22. The molecule has 1 amide bonds. The number of aromatic nitrogens is 4. The number of nitrogens with zero attached hydrogens (tertiary/aromatic N) is 6. The number of hydrogen-bond acceptors (Lipinski definition) is 5. The van der Waals surface area contributed by atoms with Crippen molar-refractivity contribution < 1.29 is 4.79 Å². The summed E-state index contributed by atoms with van der Waals surface area (Å²) < 4.78 is 0. The molecule has 0 spiro atoms. The van der Waals surface area contributed by atoms with Crippen molar-refractivity contribution in [2.24, 2.45) is 0 Å². The first-order chi connectivity index (χ1) is 13.3. The van der Waals surface area contributed by atoms with Gasteiger partial charge in [-0.25, -0.2) is 4.98 Å². The quantitative estimate of drug-likeness (QED) is 0.669. The molecule has 1 aromatic carbocycles. The second-order valence-electron chi connectivity index (χ2n) is 7.34. The second-order valence-corrected chi connectivity index (χ2v) is 7.34. The van der Waals surface area contributed by atoms with E-state index in [4.69, 9.17) is 0 Å². The number of piperazine rings is 1. The Morgan fingerprint density at radius 3 is 2.30 bits per heavy atom. The number of benzene rings is 1. The van der Waals surface area contributed by atoms with Gasteiger partial charge in [-0.15, -0.1) is 0 Å². The molecule has 7 nitrogen and oxygen atoms in total. The Kier molecular flexibility index (Phi) is 2.97. The standard InChI is InChI=1S/C20H18N6O/c27-20(13-5-1-2-6-14(13)26-22-11-12-23-26)24-15-8-9-16(24)19-18(15)25(19)17-7-3-4-10-21-17/h1-7,10-12,15-16,18-19H,8-9H2. The minimum atomic E-state index is 0.0866. The maximum absolute atomic E-state index is 13.5. The van der Waals surface area contributed by atoms with Gasteiger partial charge < -0.3 is 9.80 Å². The maximum atomic E-state index is 13.5. The molecule has 3 fully saturated rings. The van der Waals surface area contributed by atoms with E-state index >= 15 is 0 Å². The normalized spacial score (nSPS) is 27.7. The molecule has 3 saturated heterocycles. The summed E-state index contributed by atoms with van der Waals surface area (Å²) >= 11 is 0. The zero-order valence-electron chi connectivity index (χ0n) is 14.6. The average Bonchev–Trinajstić information content (AvgIpc) is 3.08. The molecular weight excluding hydrogens is 340 g/mol. The highest BCUT2D eigenvalue weighted by atomic mass is 16.2. The number of pyridine rings is 1. The number of carbonyl (C=O) groups is 1. The van der Waals surface area contributed by atoms with E-state index in [9.17, 15) is 4.79 Å². The van der Waals surface area contributed by atoms with Gasteiger partial charge in [-0.2, -0.15) is 15.0 Å². The van der Waals surface area contributed by atoms with Crippen LogP contribution in [0.4, 0.5) is 5.82 Å². The third-order valence-electron chi connectivity index (χ3n) is 6.08. The van der Waals surface area contributed by atoms with Gasteiger partial charge in [-0.05, 0) is 37.1 Å². The third kappa shape index (κ3) is 2.02. The molecule has 0 aliphatic carbocycles. The first-order valence-corrected chi connectivity index (χ1v) is 9.32. The van der Waals surface area contributed by atoms with E-state index in [1.165, 1.54) is 4.80 Å². The summed E-state index contributed by atoms with van der Waals surface area (Å²) in [6.45, 7) is 0. The van der Waals surface area contributed by atoms with Gasteiger partial charge >= 0.3 is 0 Å². The monoisotopic (exact) mass is 358 g/mol. The van der Waals surface area contributed by atoms with Crippen LogP contribution in [-0.2, 0) is 0 Å². The van der Waals surface area contributed by atoms with Crippen molar-refractivity contribution in [2.75, 3.05) is 4.90 Å². The van der Waals surface area contributed by atoms with Gasteiger partial charge in [0.15, 0.2) is 0 Å². The lowest BCUT2D eigenvalue weighted by Crippen LogP contribution is -2.43. The van der Waals surface area contributed by atoms with E-state index in [0.717, 1.165) is 24.3 Å². The van der Waals surface area contributed by atoms with Gasteiger partial charge in [-0.1, -0.05) is 18.2 Å². The highest BCUT2D eigenvalue weighted by Gasteiger charge is 2.69. The lowest BCUT2D eigenvalue weighted by atomic mass is 10.0. The number of para-hydroxylation sites is 1. The Labute approximate surface area is 156 Å². The first-order valence-electron chi connectivity index (χ1n) is 9.32. The van der Waals surface area contributed by atoms with E-state index in [0.29, 0.717) is 17.6 Å². The minimum absolute atomic E-state index is 0.0866. The molecule has 7 heteroatoms. The lowest BCUT2D eigenvalue weighted by molar-refractivity contribution is 0.0711. The van der Waals surface area contributed by atoms with Crippen molar-refractivity contribution in [3.8, 4) is 5.69 Å². The summed E-state index contributed by atoms with van der Waals surface area (Å²) in [4.78, 5) is 24.0. The van der Waals surface area contributed by atoms with Crippen LogP contribution in [0.1, 0.15) is 23.2 Å². The smallest absolute Gasteiger partial charge is 0.256 e. The fourth-order valence-corrected chi connectivity index (χ4v) is 5.05. The molecular formula is C20H18N6O. The molecule has 3 aliphatic rings. The van der Waals surface area contributed by atoms with E-state index < -0.39 is 0 Å². The van der Waals surface area contributed by atoms with Crippen LogP contribution < -0.4 is 4.90 Å². The minimum Gasteiger partial charge on any atom is -0.342 e. The van der Waals surface area contributed by atoms with Crippen LogP contribution in [0.15, 0.2) is 61.1 Å². The van der Waals surface area contributed by atoms with Crippen molar-refractivity contribution in [1.29, 1.82) is 0 Å². The van der Waals surface area contributed by atoms with Crippen molar-refractivity contribution in [3.63, 3.8) is 0 Å². The predicted molar refractivity (Wildman–Crippen MR) is 98.6 cm³/mol. The van der Waals surface area contributed by atoms with Gasteiger partial charge in [0.1, 0.15) is 5.82 Å². The maximum Gasteiger partial charge on any atom is 0.256 e. The summed E-state index contributed by atoms with van der Waals surface area (Å²) in [5, 5.41) is 8.41. The van der Waals surface area contributed by atoms with E-state index in [-0.39, 0.29) is 18.0 Å². The molecule has 134 valence electrons. The molecule has 5 heterocycles. The molecule has 2 aromatic heterocycles. The molecule has 3 aromatic rings. The molecule has 0 N–H and O–H groups in total. The summed E-state index contributed by atoms with van der Waals surface area (Å²) in [6, 6.07) is 14.9. The highest BCUT2D eigenvalue weighted by Crippen LogP contribution is 2.54. The van der Waals surface area contributed by atoms with Gasteiger partial charge in [-0.3, -0.25) is 4.79 Å². The molecule has 0 radical (unpaired) electrons. The van der Waals surface area contributed by atoms with Crippen LogP contribution in [-0.4, -0.2) is 55.0 Å². The zero-order valence-corrected chi connectivity index (χ0v) is 14.6. The summed E-state index contributed by atoms with van der Waals surface area (Å²) in [5.74, 6) is 1.11. The number of amides is 1. The Balaban J connectivity index is 1.32. The fourth-order valence-electron chi connectivity index (χ4n) is 5.05. The number of hydrogen-bond donors (Lipinski definition) is 0. The van der Waals surface area contributed by atoms with Crippen LogP contribution in [0, 0.1) is 0 Å². The molecule has 3 aliphatic heterocycles. The largest absolute Gasteiger partial charge is 0.342 e. The van der Waals surface area contributed by atoms with Gasteiger partial charge in [0.05, 0.1) is 47.8 Å². The van der Waals surface area contributed by atoms with Crippen LogP contribution in [0.2, 0.25) is 0 Å². The van der Waals surface area contributed by atoms with Crippen LogP contribution in [0.25, 0.3) is 5.69 Å². The van der Waals surface area contributed by atoms with Gasteiger partial charge in [0.2, 0.25) is 0 Å². The fraction of sp³-hybridized carbons (Fsp3) is 0.300. The topological polar surface area (TPSA) is 66.9 Å². The average molecular weight is 358 g/mol. The number of fused-ring (bicyclic) bond motifs is 5. The number of rotatable bonds is 3. The third-order valence-corrected chi connectivity index (χ3v) is 6.08. The summed E-state index contributed by atoms with van der Waals surface area (Å²) in [6.07, 6.45) is 7.20. The molecule has 0 saturated carbocycles. The van der Waals surface area contributed by atoms with Crippen molar-refractivity contribution >= 4 is 11.7 Å². The van der Waals surface area contributed by atoms with Gasteiger partial charge in [0, 0.05) is 6.20 Å². The summed E-state index contributed by atoms with van der Waals surface area (Å²) in [5.41, 5.74) is 1.39. The lowest BCUT2D eigenvalue weighted by Gasteiger charge is -2.28. The molecule has 27 heavy (non-hydrogen) atoms. The Bertz CT molecular complexity index is 986. The Morgan fingerprint density at radius 1 is 0.889 bits per heavy atom. The Morgan fingerprint density at radius 2 is 1.59 bits per heavy atom. The first kappa shape index (κ1) is 14.9. The highest BCUT2D eigenvalue weighted by molar-refractivity contribution is 5.99. The number of anilines is 1. The second kappa shape index (κ2) is 5.39. The van der Waals surface area contributed by atoms with E-state index in [1.807, 2.05) is 42.6 Å². The number of carbonyl (C=O) groups excluding carboxylic acids is 1. The van der Waals surface area contributed by atoms with Crippen LogP contribution in [0.3, 0.4) is 0 Å². The molecule has 4 unspecified atom stereocenters. The van der Waals surface area contributed by atoms with Crippen molar-refractivity contribution in [1.82, 2.24) is 24.9 Å². The SMILES string of the molecule is O=C(c1ccccc1-n1nccn1)N1C2CCC1C1C2N1c1ccccn1. The zero-order chi connectivity index (χ0) is 18.0. The van der Waals surface area contributed by atoms with Crippen LogP contribution >= 0.6 is 0 Å². The molecule has 2 bridgehead atoms. The summed E-state index contributed by atoms with van der Waals surface area (Å²) in [7, 11) is 0. The predicted octanol–water partition coefficient (Wildman–Crippen LogP) is 1.91. The van der Waals surface area contributed by atoms with Crippen LogP contribution in [0.5, 0.6) is 0 Å². The molecule has 4 atom stereocenters. The van der Waals surface area contributed by atoms with E-state index in [1.54, 1.807) is 12.4 Å².